The van der Waals surface area contributed by atoms with Crippen molar-refractivity contribution in [2.75, 3.05) is 12.4 Å². The molecule has 0 radical (unpaired) electrons. The lowest BCUT2D eigenvalue weighted by atomic mass is 10.1. The number of hydrogen-bond acceptors (Lipinski definition) is 5. The molecule has 0 aliphatic carbocycles. The number of pyridine rings is 1. The van der Waals surface area contributed by atoms with Crippen LogP contribution in [-0.2, 0) is 0 Å². The van der Waals surface area contributed by atoms with E-state index < -0.39 is 0 Å². The smallest absolute Gasteiger partial charge is 0.137 e. The summed E-state index contributed by atoms with van der Waals surface area (Å²) in [6.45, 7) is 2.58. The van der Waals surface area contributed by atoms with Crippen LogP contribution in [0.15, 0.2) is 52.1 Å². The number of ether oxygens (including phenoxy) is 1. The van der Waals surface area contributed by atoms with Crippen molar-refractivity contribution in [2.45, 2.75) is 17.9 Å². The summed E-state index contributed by atoms with van der Waals surface area (Å²) in [5.41, 5.74) is 3.86. The van der Waals surface area contributed by atoms with Crippen molar-refractivity contribution in [2.24, 2.45) is 5.84 Å². The normalized spacial score (nSPS) is 12.1. The van der Waals surface area contributed by atoms with E-state index in [-0.39, 0.29) is 6.04 Å². The highest BCUT2D eigenvalue weighted by Crippen LogP contribution is 2.30. The quantitative estimate of drug-likeness (QED) is 0.445. The van der Waals surface area contributed by atoms with E-state index >= 15 is 0 Å². The number of nitrogens with two attached hydrogens (primary N) is 1. The molecular weight excluding hydrogens is 350 g/mol. The molecule has 1 unspecified atom stereocenters. The monoisotopic (exact) mass is 367 g/mol. The van der Waals surface area contributed by atoms with Gasteiger partial charge in [-0.1, -0.05) is 12.1 Å². The molecule has 0 bridgehead atoms. The molecule has 1 heterocycles. The van der Waals surface area contributed by atoms with Gasteiger partial charge in [0, 0.05) is 21.3 Å². The number of thioether (sulfide) groups is 1. The van der Waals surface area contributed by atoms with Crippen molar-refractivity contribution in [1.29, 1.82) is 0 Å². The lowest BCUT2D eigenvalue weighted by molar-refractivity contribution is 0.338. The van der Waals surface area contributed by atoms with Gasteiger partial charge in [-0.2, -0.15) is 0 Å². The third kappa shape index (κ3) is 4.71. The Morgan fingerprint density at radius 3 is 2.90 bits per heavy atom. The number of nitrogens with zero attached hydrogens (tertiary/aromatic N) is 1. The summed E-state index contributed by atoms with van der Waals surface area (Å²) in [5, 5.41) is 0. The third-order valence-electron chi connectivity index (χ3n) is 2.89. The van der Waals surface area contributed by atoms with Crippen LogP contribution in [-0.4, -0.2) is 17.3 Å². The topological polar surface area (TPSA) is 60.2 Å². The fourth-order valence-corrected chi connectivity index (χ4v) is 3.49. The molecule has 0 saturated heterocycles. The van der Waals surface area contributed by atoms with Crippen LogP contribution in [0, 0.1) is 0 Å². The molecule has 21 heavy (non-hydrogen) atoms. The van der Waals surface area contributed by atoms with Gasteiger partial charge in [0.2, 0.25) is 0 Å². The van der Waals surface area contributed by atoms with Crippen molar-refractivity contribution in [1.82, 2.24) is 10.4 Å². The minimum Gasteiger partial charge on any atom is -0.492 e. The van der Waals surface area contributed by atoms with Crippen molar-refractivity contribution in [3.05, 3.63) is 52.8 Å². The average molecular weight is 368 g/mol. The highest BCUT2D eigenvalue weighted by Gasteiger charge is 2.12. The Balaban J connectivity index is 2.06. The number of hydrazine groups is 1. The first-order valence-electron chi connectivity index (χ1n) is 6.65. The van der Waals surface area contributed by atoms with E-state index in [9.17, 15) is 0 Å². The molecule has 0 amide bonds. The van der Waals surface area contributed by atoms with Gasteiger partial charge in [-0.3, -0.25) is 16.3 Å². The molecule has 1 atom stereocenters. The van der Waals surface area contributed by atoms with Crippen LogP contribution in [0.1, 0.15) is 18.5 Å². The summed E-state index contributed by atoms with van der Waals surface area (Å²) in [4.78, 5) is 5.39. The third-order valence-corrected chi connectivity index (χ3v) is 5.01. The second-order valence-electron chi connectivity index (χ2n) is 4.35. The summed E-state index contributed by atoms with van der Waals surface area (Å²) < 4.78 is 6.57. The molecule has 3 N–H and O–H groups in total. The maximum absolute atomic E-state index is 5.69. The van der Waals surface area contributed by atoms with Crippen LogP contribution >= 0.6 is 27.7 Å². The first kappa shape index (κ1) is 16.3. The SMILES string of the molecule is CCOc1cncc(C(CSc2ccccc2Br)NN)c1. The van der Waals surface area contributed by atoms with E-state index in [4.69, 9.17) is 10.6 Å². The van der Waals surface area contributed by atoms with Gasteiger partial charge < -0.3 is 4.74 Å². The Hall–Kier alpha value is -1.08. The highest BCUT2D eigenvalue weighted by molar-refractivity contribution is 9.10. The average Bonchev–Trinajstić information content (AvgIpc) is 2.50. The maximum atomic E-state index is 5.69. The summed E-state index contributed by atoms with van der Waals surface area (Å²) in [5.74, 6) is 7.25. The lowest BCUT2D eigenvalue weighted by Gasteiger charge is -2.17. The zero-order valence-electron chi connectivity index (χ0n) is 11.8. The zero-order valence-corrected chi connectivity index (χ0v) is 14.2. The van der Waals surface area contributed by atoms with E-state index in [2.05, 4.69) is 32.4 Å². The molecule has 4 nitrogen and oxygen atoms in total. The van der Waals surface area contributed by atoms with Crippen molar-refractivity contribution in [3.63, 3.8) is 0 Å². The molecule has 0 fully saturated rings. The van der Waals surface area contributed by atoms with E-state index in [0.717, 1.165) is 21.5 Å². The molecule has 2 aromatic rings. The number of aromatic nitrogens is 1. The van der Waals surface area contributed by atoms with Gasteiger partial charge in [0.1, 0.15) is 5.75 Å². The summed E-state index contributed by atoms with van der Waals surface area (Å²) in [6, 6.07) is 10.1. The van der Waals surface area contributed by atoms with Crippen LogP contribution in [0.3, 0.4) is 0 Å². The Kier molecular flexibility index (Phi) is 6.50. The van der Waals surface area contributed by atoms with E-state index in [1.54, 1.807) is 18.0 Å². The fraction of sp³-hybridized carbons (Fsp3) is 0.267. The molecule has 2 rings (SSSR count). The Morgan fingerprint density at radius 2 is 2.19 bits per heavy atom. The molecule has 6 heteroatoms. The minimum absolute atomic E-state index is 0.00927. The van der Waals surface area contributed by atoms with E-state index in [0.29, 0.717) is 6.61 Å². The predicted octanol–water partition coefficient (Wildman–Crippen LogP) is 3.54. The largest absolute Gasteiger partial charge is 0.492 e. The summed E-state index contributed by atoms with van der Waals surface area (Å²) in [6.07, 6.45) is 3.52. The number of halogens is 1. The van der Waals surface area contributed by atoms with Crippen molar-refractivity contribution >= 4 is 27.7 Å². The van der Waals surface area contributed by atoms with Crippen molar-refractivity contribution < 1.29 is 4.74 Å². The number of rotatable bonds is 7. The van der Waals surface area contributed by atoms with Crippen LogP contribution in [0.5, 0.6) is 5.75 Å². The Bertz CT molecular complexity index is 582. The number of benzene rings is 1. The molecule has 1 aromatic carbocycles. The molecule has 0 aliphatic heterocycles. The molecule has 0 aliphatic rings. The second-order valence-corrected chi connectivity index (χ2v) is 6.26. The highest BCUT2D eigenvalue weighted by atomic mass is 79.9. The van der Waals surface area contributed by atoms with Gasteiger partial charge in [0.15, 0.2) is 0 Å². The maximum Gasteiger partial charge on any atom is 0.137 e. The molecule has 112 valence electrons. The Labute approximate surface area is 137 Å². The lowest BCUT2D eigenvalue weighted by Crippen LogP contribution is -2.29. The summed E-state index contributed by atoms with van der Waals surface area (Å²) >= 11 is 5.29. The van der Waals surface area contributed by atoms with Crippen LogP contribution < -0.4 is 16.0 Å². The van der Waals surface area contributed by atoms with Crippen LogP contribution in [0.25, 0.3) is 0 Å². The van der Waals surface area contributed by atoms with Crippen LogP contribution in [0.2, 0.25) is 0 Å². The molecule has 1 aromatic heterocycles. The predicted molar refractivity (Wildman–Crippen MR) is 90.3 cm³/mol. The van der Waals surface area contributed by atoms with Crippen LogP contribution in [0.4, 0.5) is 0 Å². The van der Waals surface area contributed by atoms with Gasteiger partial charge in [-0.25, -0.2) is 0 Å². The molecular formula is C15H18BrN3OS. The summed E-state index contributed by atoms with van der Waals surface area (Å²) in [7, 11) is 0. The standard InChI is InChI=1S/C15H18BrN3OS/c1-2-20-12-7-11(8-18-9-12)14(19-17)10-21-15-6-4-3-5-13(15)16/h3-9,14,19H,2,10,17H2,1H3. The minimum atomic E-state index is 0.00927. The first-order chi connectivity index (χ1) is 10.2. The number of hydrogen-bond donors (Lipinski definition) is 2. The van der Waals surface area contributed by atoms with E-state index in [1.807, 2.05) is 37.4 Å². The van der Waals surface area contributed by atoms with Crippen molar-refractivity contribution in [3.8, 4) is 5.75 Å². The van der Waals surface area contributed by atoms with Gasteiger partial charge in [-0.15, -0.1) is 11.8 Å². The van der Waals surface area contributed by atoms with Gasteiger partial charge in [0.05, 0.1) is 18.8 Å². The zero-order chi connectivity index (χ0) is 15.1. The van der Waals surface area contributed by atoms with Gasteiger partial charge >= 0.3 is 0 Å². The van der Waals surface area contributed by atoms with Gasteiger partial charge in [-0.05, 0) is 46.6 Å². The van der Waals surface area contributed by atoms with Gasteiger partial charge in [0.25, 0.3) is 0 Å². The number of nitrogens with one attached hydrogen (secondary N) is 1. The molecule has 0 saturated carbocycles. The Morgan fingerprint density at radius 1 is 1.38 bits per heavy atom. The fourth-order valence-electron chi connectivity index (χ4n) is 1.85. The van der Waals surface area contributed by atoms with E-state index in [1.165, 1.54) is 4.90 Å². The molecule has 0 spiro atoms. The second kappa shape index (κ2) is 8.38. The first-order valence-corrected chi connectivity index (χ1v) is 8.43.